The Morgan fingerprint density at radius 1 is 0.758 bits per heavy atom. The molecule has 0 amide bonds. The van der Waals surface area contributed by atoms with Gasteiger partial charge in [0, 0.05) is 5.75 Å². The summed E-state index contributed by atoms with van der Waals surface area (Å²) < 4.78 is 30.9. The first-order valence-electron chi connectivity index (χ1n) is 11.0. The van der Waals surface area contributed by atoms with Crippen LogP contribution in [0.1, 0.15) is 71.1 Å². The van der Waals surface area contributed by atoms with Gasteiger partial charge < -0.3 is 45.1 Å². The molecule has 0 radical (unpaired) electrons. The molecule has 0 saturated carbocycles. The Hall–Kier alpha value is 0.300. The molecule has 4 atom stereocenters. The van der Waals surface area contributed by atoms with Crippen LogP contribution in [-0.2, 0) is 14.9 Å². The van der Waals surface area contributed by atoms with Crippen LogP contribution >= 0.6 is 0 Å². The van der Waals surface area contributed by atoms with Gasteiger partial charge in [0.15, 0.2) is 6.29 Å². The number of aliphatic hydroxyl groups is 7. The molecule has 0 aromatic rings. The minimum absolute atomic E-state index is 0. The Kier molecular flexibility index (Phi) is 35.0. The molecule has 0 saturated heterocycles. The molecule has 0 aliphatic heterocycles. The molecular formula is C20H43NaO11S. The predicted molar refractivity (Wildman–Crippen MR) is 118 cm³/mol. The second-order valence-corrected chi connectivity index (χ2v) is 8.77. The Labute approximate surface area is 219 Å². The SMILES string of the molecule is CCCCCCCCCCCCS(=O)(=O)[O-].O=CC(O)C(O)C(O)C(O)CO.OCCO.[Na+]. The zero-order chi connectivity index (χ0) is 25.4. The molecule has 11 nitrogen and oxygen atoms in total. The van der Waals surface area contributed by atoms with Crippen molar-refractivity contribution in [2.45, 2.75) is 95.5 Å². The fourth-order valence-corrected chi connectivity index (χ4v) is 2.94. The van der Waals surface area contributed by atoms with Gasteiger partial charge in [-0.15, -0.1) is 0 Å². The van der Waals surface area contributed by atoms with E-state index in [9.17, 15) is 17.8 Å². The molecule has 0 bridgehead atoms. The van der Waals surface area contributed by atoms with Gasteiger partial charge in [-0.1, -0.05) is 64.7 Å². The van der Waals surface area contributed by atoms with Crippen molar-refractivity contribution >= 4 is 16.4 Å². The molecule has 0 aliphatic carbocycles. The van der Waals surface area contributed by atoms with E-state index in [1.54, 1.807) is 0 Å². The molecule has 7 N–H and O–H groups in total. The molecule has 0 fully saturated rings. The fourth-order valence-electron chi connectivity index (χ4n) is 2.38. The van der Waals surface area contributed by atoms with Crippen LogP contribution in [0.3, 0.4) is 0 Å². The van der Waals surface area contributed by atoms with Gasteiger partial charge in [0.1, 0.15) is 24.4 Å². The number of rotatable bonds is 17. The van der Waals surface area contributed by atoms with Crippen molar-refractivity contribution in [1.29, 1.82) is 0 Å². The molecule has 13 heteroatoms. The van der Waals surface area contributed by atoms with Gasteiger partial charge in [0.05, 0.1) is 29.9 Å². The summed E-state index contributed by atoms with van der Waals surface area (Å²) in [4.78, 5) is 9.90. The Morgan fingerprint density at radius 3 is 1.45 bits per heavy atom. The molecule has 0 rings (SSSR count). The zero-order valence-corrected chi connectivity index (χ0v) is 22.8. The van der Waals surface area contributed by atoms with Crippen LogP contribution in [-0.4, -0.2) is 105 Å². The number of carbonyl (C=O) groups is 1. The van der Waals surface area contributed by atoms with Gasteiger partial charge in [0.25, 0.3) is 0 Å². The van der Waals surface area contributed by atoms with Crippen LogP contribution < -0.4 is 29.6 Å². The van der Waals surface area contributed by atoms with E-state index in [0.29, 0.717) is 6.42 Å². The summed E-state index contributed by atoms with van der Waals surface area (Å²) in [5.41, 5.74) is 0. The van der Waals surface area contributed by atoms with E-state index in [4.69, 9.17) is 35.7 Å². The Balaban J connectivity index is -0.000000219. The number of hydrogen-bond donors (Lipinski definition) is 7. The summed E-state index contributed by atoms with van der Waals surface area (Å²) in [6.45, 7) is 1.20. The van der Waals surface area contributed by atoms with Gasteiger partial charge in [-0.05, 0) is 6.42 Å². The standard InChI is InChI=1S/C12H26O3S.C6H12O6.C2H6O2.Na/c1-2-3-4-5-6-7-8-9-10-11-12-16(13,14)15;7-1-3(9)5(11)6(12)4(10)2-8;3-1-2-4;/h2-12H2,1H3,(H,13,14,15);1,3-6,8-12H,2H2;3-4H,1-2H2;/q;;;+1/p-1. The Bertz CT molecular complexity index is 492. The zero-order valence-electron chi connectivity index (χ0n) is 20.0. The minimum atomic E-state index is -3.98. The van der Waals surface area contributed by atoms with E-state index in [0.717, 1.165) is 12.8 Å². The number of aliphatic hydroxyl groups excluding tert-OH is 7. The maximum atomic E-state index is 10.3. The normalized spacial score (nSPS) is 14.3. The molecule has 0 heterocycles. The first-order chi connectivity index (χ1) is 15.0. The van der Waals surface area contributed by atoms with Crippen molar-refractivity contribution in [2.24, 2.45) is 0 Å². The van der Waals surface area contributed by atoms with Crippen LogP contribution in [0.25, 0.3) is 0 Å². The van der Waals surface area contributed by atoms with Crippen LogP contribution in [0.2, 0.25) is 0 Å². The van der Waals surface area contributed by atoms with E-state index in [1.165, 1.54) is 44.9 Å². The van der Waals surface area contributed by atoms with E-state index in [1.807, 2.05) is 0 Å². The number of carbonyl (C=O) groups excluding carboxylic acids is 1. The summed E-state index contributed by atoms with van der Waals surface area (Å²) in [7, 11) is -3.98. The third kappa shape index (κ3) is 32.3. The molecule has 0 aromatic heterocycles. The van der Waals surface area contributed by atoms with E-state index < -0.39 is 41.1 Å². The molecule has 0 spiro atoms. The van der Waals surface area contributed by atoms with Crippen molar-refractivity contribution in [3.63, 3.8) is 0 Å². The average molecular weight is 515 g/mol. The summed E-state index contributed by atoms with van der Waals surface area (Å²) in [5.74, 6) is -0.191. The fraction of sp³-hybridized carbons (Fsp3) is 0.950. The quantitative estimate of drug-likeness (QED) is 0.0430. The van der Waals surface area contributed by atoms with Crippen LogP contribution in [0.15, 0.2) is 0 Å². The van der Waals surface area contributed by atoms with Crippen LogP contribution in [0, 0.1) is 0 Å². The van der Waals surface area contributed by atoms with E-state index in [2.05, 4.69) is 6.92 Å². The van der Waals surface area contributed by atoms with Crippen molar-refractivity contribution < 1.29 is 83.1 Å². The average Bonchev–Trinajstić information content (AvgIpc) is 2.78. The first kappa shape index (κ1) is 40.5. The van der Waals surface area contributed by atoms with Gasteiger partial charge in [0.2, 0.25) is 0 Å². The smallest absolute Gasteiger partial charge is 0.748 e. The molecular weight excluding hydrogens is 471 g/mol. The van der Waals surface area contributed by atoms with Crippen molar-refractivity contribution in [2.75, 3.05) is 25.6 Å². The van der Waals surface area contributed by atoms with Gasteiger partial charge >= 0.3 is 29.6 Å². The van der Waals surface area contributed by atoms with E-state index in [-0.39, 0.29) is 54.8 Å². The molecule has 0 aliphatic rings. The van der Waals surface area contributed by atoms with Gasteiger partial charge in [-0.25, -0.2) is 8.42 Å². The number of hydrogen-bond acceptors (Lipinski definition) is 11. The number of unbranched alkanes of at least 4 members (excludes halogenated alkanes) is 9. The monoisotopic (exact) mass is 514 g/mol. The van der Waals surface area contributed by atoms with Crippen LogP contribution in [0.5, 0.6) is 0 Å². The molecule has 196 valence electrons. The molecule has 4 unspecified atom stereocenters. The summed E-state index contributed by atoms with van der Waals surface area (Å²) in [5, 5.41) is 58.8. The van der Waals surface area contributed by atoms with Crippen molar-refractivity contribution in [1.82, 2.24) is 0 Å². The summed E-state index contributed by atoms with van der Waals surface area (Å²) in [6.07, 6.45) is 4.60. The maximum Gasteiger partial charge on any atom is 1.00 e. The Morgan fingerprint density at radius 2 is 1.15 bits per heavy atom. The van der Waals surface area contributed by atoms with Crippen molar-refractivity contribution in [3.8, 4) is 0 Å². The maximum absolute atomic E-state index is 10.3. The third-order valence-corrected chi connectivity index (χ3v) is 5.06. The first-order valence-corrected chi connectivity index (χ1v) is 12.5. The van der Waals surface area contributed by atoms with Gasteiger partial charge in [-0.2, -0.15) is 0 Å². The summed E-state index contributed by atoms with van der Waals surface area (Å²) >= 11 is 0. The van der Waals surface area contributed by atoms with Crippen LogP contribution in [0.4, 0.5) is 0 Å². The largest absolute Gasteiger partial charge is 1.00 e. The predicted octanol–water partition coefficient (Wildman–Crippen LogP) is -3.95. The van der Waals surface area contributed by atoms with E-state index >= 15 is 0 Å². The van der Waals surface area contributed by atoms with Gasteiger partial charge in [-0.3, -0.25) is 0 Å². The minimum Gasteiger partial charge on any atom is -0.748 e. The number of aldehydes is 1. The topological polar surface area (TPSA) is 216 Å². The molecule has 33 heavy (non-hydrogen) atoms. The second-order valence-electron chi connectivity index (χ2n) is 7.25. The molecule has 0 aromatic carbocycles. The summed E-state index contributed by atoms with van der Waals surface area (Å²) in [6, 6.07) is 0. The third-order valence-electron chi connectivity index (χ3n) is 4.27. The van der Waals surface area contributed by atoms with Crippen molar-refractivity contribution in [3.05, 3.63) is 0 Å². The second kappa shape index (κ2) is 28.5.